The van der Waals surface area contributed by atoms with Crippen molar-refractivity contribution < 1.29 is 4.79 Å². The molecule has 0 aromatic heterocycles. The predicted octanol–water partition coefficient (Wildman–Crippen LogP) is 7.47. The third-order valence-electron chi connectivity index (χ3n) is 4.75. The largest absolute Gasteiger partial charge is 0.303 e. The Morgan fingerprint density at radius 3 is 1.23 bits per heavy atom. The second kappa shape index (κ2) is 18.7. The van der Waals surface area contributed by atoms with E-state index in [1.165, 1.54) is 103 Å². The van der Waals surface area contributed by atoms with Crippen molar-refractivity contribution in [2.45, 2.75) is 123 Å². The summed E-state index contributed by atoms with van der Waals surface area (Å²) in [5.74, 6) is 0.270. The van der Waals surface area contributed by atoms with Crippen LogP contribution in [0.1, 0.15) is 123 Å². The molecular formula is C21H42O. The second-order valence-electron chi connectivity index (χ2n) is 7.21. The summed E-state index contributed by atoms with van der Waals surface area (Å²) in [6.07, 6.45) is 24.8. The summed E-state index contributed by atoms with van der Waals surface area (Å²) in [5.41, 5.74) is 0. The summed E-state index contributed by atoms with van der Waals surface area (Å²) >= 11 is 0. The Bertz CT molecular complexity index is 212. The summed E-state index contributed by atoms with van der Waals surface area (Å²) in [7, 11) is 0. The Morgan fingerprint density at radius 2 is 0.909 bits per heavy atom. The summed E-state index contributed by atoms with van der Waals surface area (Å²) in [5, 5.41) is 0. The molecule has 0 aliphatic rings. The van der Waals surface area contributed by atoms with Crippen molar-refractivity contribution >= 4 is 6.29 Å². The fourth-order valence-electron chi connectivity index (χ4n) is 3.08. The summed E-state index contributed by atoms with van der Waals surface area (Å²) in [4.78, 5) is 10.5. The lowest BCUT2D eigenvalue weighted by Crippen LogP contribution is -1.94. The van der Waals surface area contributed by atoms with E-state index in [-0.39, 0.29) is 5.92 Å². The van der Waals surface area contributed by atoms with Crippen LogP contribution in [-0.4, -0.2) is 6.29 Å². The molecule has 0 aromatic rings. The van der Waals surface area contributed by atoms with E-state index in [1.807, 2.05) is 6.92 Å². The van der Waals surface area contributed by atoms with Crippen LogP contribution in [0.15, 0.2) is 0 Å². The molecule has 0 saturated heterocycles. The molecule has 0 fully saturated rings. The molecule has 0 radical (unpaired) electrons. The van der Waals surface area contributed by atoms with Gasteiger partial charge in [0, 0.05) is 5.92 Å². The Hall–Kier alpha value is -0.330. The van der Waals surface area contributed by atoms with E-state index in [0.717, 1.165) is 12.7 Å². The zero-order valence-electron chi connectivity index (χ0n) is 15.6. The van der Waals surface area contributed by atoms with E-state index < -0.39 is 0 Å². The highest BCUT2D eigenvalue weighted by atomic mass is 16.1. The van der Waals surface area contributed by atoms with E-state index in [2.05, 4.69) is 6.92 Å². The third kappa shape index (κ3) is 17.7. The fraction of sp³-hybridized carbons (Fsp3) is 0.952. The maximum atomic E-state index is 10.5. The first-order valence-corrected chi connectivity index (χ1v) is 10.3. The Morgan fingerprint density at radius 1 is 0.591 bits per heavy atom. The quantitative estimate of drug-likeness (QED) is 0.189. The first-order valence-electron chi connectivity index (χ1n) is 10.3. The standard InChI is InChI=1S/C21H42O/c1-3-4-5-6-7-8-9-10-11-12-13-14-15-16-17-18-19-21(2)20-22/h20-21H,3-19H2,1-2H3. The summed E-state index contributed by atoms with van der Waals surface area (Å²) in [6, 6.07) is 0. The molecule has 1 atom stereocenters. The smallest absolute Gasteiger partial charge is 0.122 e. The van der Waals surface area contributed by atoms with Crippen molar-refractivity contribution in [2.75, 3.05) is 0 Å². The lowest BCUT2D eigenvalue weighted by Gasteiger charge is -2.04. The minimum atomic E-state index is 0.270. The van der Waals surface area contributed by atoms with Gasteiger partial charge in [0.25, 0.3) is 0 Å². The van der Waals surface area contributed by atoms with Crippen molar-refractivity contribution in [3.05, 3.63) is 0 Å². The van der Waals surface area contributed by atoms with Gasteiger partial charge in [0.05, 0.1) is 0 Å². The molecule has 0 N–H and O–H groups in total. The number of unbranched alkanes of at least 4 members (excludes halogenated alkanes) is 15. The van der Waals surface area contributed by atoms with Crippen LogP contribution in [0.5, 0.6) is 0 Å². The molecule has 0 aliphatic carbocycles. The topological polar surface area (TPSA) is 17.1 Å². The average Bonchev–Trinajstić information content (AvgIpc) is 2.54. The molecule has 1 unspecified atom stereocenters. The lowest BCUT2D eigenvalue weighted by molar-refractivity contribution is -0.110. The van der Waals surface area contributed by atoms with Crippen LogP contribution in [0.2, 0.25) is 0 Å². The predicted molar refractivity (Wildman–Crippen MR) is 99.4 cm³/mol. The van der Waals surface area contributed by atoms with Gasteiger partial charge in [-0.15, -0.1) is 0 Å². The molecule has 0 aromatic carbocycles. The zero-order chi connectivity index (χ0) is 16.3. The first-order chi connectivity index (χ1) is 10.8. The lowest BCUT2D eigenvalue weighted by atomic mass is 10.0. The number of hydrogen-bond donors (Lipinski definition) is 0. The molecule has 1 nitrogen and oxygen atoms in total. The van der Waals surface area contributed by atoms with E-state index in [4.69, 9.17) is 0 Å². The van der Waals surface area contributed by atoms with Gasteiger partial charge >= 0.3 is 0 Å². The molecule has 0 saturated carbocycles. The number of aldehydes is 1. The zero-order valence-corrected chi connectivity index (χ0v) is 15.6. The highest BCUT2D eigenvalue weighted by Gasteiger charge is 1.98. The van der Waals surface area contributed by atoms with E-state index in [9.17, 15) is 4.79 Å². The van der Waals surface area contributed by atoms with Crippen LogP contribution < -0.4 is 0 Å². The normalized spacial score (nSPS) is 12.5. The van der Waals surface area contributed by atoms with Crippen molar-refractivity contribution in [1.29, 1.82) is 0 Å². The summed E-state index contributed by atoms with van der Waals surface area (Å²) in [6.45, 7) is 4.31. The average molecular weight is 311 g/mol. The van der Waals surface area contributed by atoms with Gasteiger partial charge in [-0.2, -0.15) is 0 Å². The monoisotopic (exact) mass is 310 g/mol. The minimum Gasteiger partial charge on any atom is -0.303 e. The minimum absolute atomic E-state index is 0.270. The van der Waals surface area contributed by atoms with E-state index in [1.54, 1.807) is 0 Å². The molecule has 132 valence electrons. The van der Waals surface area contributed by atoms with Gasteiger partial charge in [-0.3, -0.25) is 0 Å². The Balaban J connectivity index is 2.98. The molecule has 0 aliphatic heterocycles. The van der Waals surface area contributed by atoms with Crippen LogP contribution in [0.25, 0.3) is 0 Å². The fourth-order valence-corrected chi connectivity index (χ4v) is 3.08. The van der Waals surface area contributed by atoms with E-state index >= 15 is 0 Å². The molecule has 1 heteroatoms. The Labute approximate surface area is 140 Å². The molecule has 0 amide bonds. The van der Waals surface area contributed by atoms with Gasteiger partial charge in [0.1, 0.15) is 6.29 Å². The van der Waals surface area contributed by atoms with Gasteiger partial charge < -0.3 is 4.79 Å². The Kier molecular flexibility index (Phi) is 18.4. The van der Waals surface area contributed by atoms with Crippen molar-refractivity contribution in [1.82, 2.24) is 0 Å². The van der Waals surface area contributed by atoms with Gasteiger partial charge in [0.15, 0.2) is 0 Å². The van der Waals surface area contributed by atoms with Crippen LogP contribution in [0.3, 0.4) is 0 Å². The number of hydrogen-bond acceptors (Lipinski definition) is 1. The SMILES string of the molecule is CCCCCCCCCCCCCCCCCCC(C)C=O. The molecular weight excluding hydrogens is 268 g/mol. The highest BCUT2D eigenvalue weighted by Crippen LogP contribution is 2.14. The van der Waals surface area contributed by atoms with Crippen LogP contribution in [0, 0.1) is 5.92 Å². The van der Waals surface area contributed by atoms with Crippen molar-refractivity contribution in [3.8, 4) is 0 Å². The van der Waals surface area contributed by atoms with Crippen molar-refractivity contribution in [2.24, 2.45) is 5.92 Å². The third-order valence-corrected chi connectivity index (χ3v) is 4.75. The molecule has 22 heavy (non-hydrogen) atoms. The van der Waals surface area contributed by atoms with Crippen molar-refractivity contribution in [3.63, 3.8) is 0 Å². The molecule has 0 rings (SSSR count). The first kappa shape index (κ1) is 21.7. The van der Waals surface area contributed by atoms with Gasteiger partial charge in [-0.1, -0.05) is 117 Å². The molecule has 0 bridgehead atoms. The maximum absolute atomic E-state index is 10.5. The van der Waals surface area contributed by atoms with Gasteiger partial charge in [0.2, 0.25) is 0 Å². The number of carbonyl (C=O) groups is 1. The highest BCUT2D eigenvalue weighted by molar-refractivity contribution is 5.52. The second-order valence-corrected chi connectivity index (χ2v) is 7.21. The molecule has 0 heterocycles. The van der Waals surface area contributed by atoms with Gasteiger partial charge in [-0.05, 0) is 6.42 Å². The van der Waals surface area contributed by atoms with Crippen LogP contribution in [0.4, 0.5) is 0 Å². The molecule has 0 spiro atoms. The number of carbonyl (C=O) groups excluding carboxylic acids is 1. The maximum Gasteiger partial charge on any atom is 0.122 e. The van der Waals surface area contributed by atoms with Crippen LogP contribution >= 0.6 is 0 Å². The van der Waals surface area contributed by atoms with E-state index in [0.29, 0.717) is 0 Å². The van der Waals surface area contributed by atoms with Crippen LogP contribution in [-0.2, 0) is 4.79 Å². The number of rotatable bonds is 18. The summed E-state index contributed by atoms with van der Waals surface area (Å²) < 4.78 is 0. The van der Waals surface area contributed by atoms with Gasteiger partial charge in [-0.25, -0.2) is 0 Å².